The summed E-state index contributed by atoms with van der Waals surface area (Å²) in [7, 11) is 10.9. The van der Waals surface area contributed by atoms with Crippen molar-refractivity contribution in [2.75, 3.05) is 61.5 Å². The van der Waals surface area contributed by atoms with Gasteiger partial charge in [0, 0.05) is 12.8 Å². The SMILES string of the molecule is CCCCCCCCCCCC(=O)OC[C@@H](C[N+](C)(C)CC[N+](C)(C)C)OC(=O)CCCCCCCCCCC. The molecule has 40 heavy (non-hydrogen) atoms. The Morgan fingerprint density at radius 3 is 1.38 bits per heavy atom. The van der Waals surface area contributed by atoms with Gasteiger partial charge in [-0.3, -0.25) is 9.59 Å². The van der Waals surface area contributed by atoms with E-state index >= 15 is 0 Å². The van der Waals surface area contributed by atoms with Gasteiger partial charge in [-0.05, 0) is 12.8 Å². The van der Waals surface area contributed by atoms with Crippen LogP contribution in [-0.2, 0) is 19.1 Å². The fourth-order valence-electron chi connectivity index (χ4n) is 5.00. The average molecular weight is 571 g/mol. The Bertz CT molecular complexity index is 616. The lowest BCUT2D eigenvalue weighted by Gasteiger charge is -2.35. The highest BCUT2D eigenvalue weighted by atomic mass is 16.6. The zero-order valence-corrected chi connectivity index (χ0v) is 28.1. The second kappa shape index (κ2) is 24.5. The molecular formula is C34H70N2O4+2. The molecule has 0 heterocycles. The lowest BCUT2D eigenvalue weighted by atomic mass is 10.1. The molecule has 6 nitrogen and oxygen atoms in total. The first-order valence-electron chi connectivity index (χ1n) is 17.0. The molecule has 0 aromatic heterocycles. The number of unbranched alkanes of at least 4 members (excludes halogenated alkanes) is 16. The van der Waals surface area contributed by atoms with Crippen LogP contribution in [0, 0.1) is 0 Å². The van der Waals surface area contributed by atoms with Crippen LogP contribution in [0.4, 0.5) is 0 Å². The molecule has 0 aromatic rings. The molecule has 6 heteroatoms. The number of hydrogen-bond acceptors (Lipinski definition) is 4. The molecule has 0 aliphatic carbocycles. The highest BCUT2D eigenvalue weighted by Gasteiger charge is 2.28. The number of likely N-dealkylation sites (N-methyl/N-ethyl adjacent to an activating group) is 2. The van der Waals surface area contributed by atoms with E-state index in [1.165, 1.54) is 89.9 Å². The van der Waals surface area contributed by atoms with E-state index in [9.17, 15) is 9.59 Å². The molecule has 0 saturated heterocycles. The van der Waals surface area contributed by atoms with Crippen molar-refractivity contribution in [3.63, 3.8) is 0 Å². The summed E-state index contributed by atoms with van der Waals surface area (Å²) in [5, 5.41) is 0. The third kappa shape index (κ3) is 27.1. The van der Waals surface area contributed by atoms with Crippen molar-refractivity contribution in [1.29, 1.82) is 0 Å². The van der Waals surface area contributed by atoms with Crippen LogP contribution < -0.4 is 0 Å². The van der Waals surface area contributed by atoms with Gasteiger partial charge in [0.15, 0.2) is 6.10 Å². The van der Waals surface area contributed by atoms with E-state index in [4.69, 9.17) is 9.47 Å². The zero-order chi connectivity index (χ0) is 30.1. The Morgan fingerprint density at radius 1 is 0.550 bits per heavy atom. The van der Waals surface area contributed by atoms with Crippen LogP contribution in [0.1, 0.15) is 142 Å². The maximum absolute atomic E-state index is 12.7. The fraction of sp³-hybridized carbons (Fsp3) is 0.941. The second-order valence-corrected chi connectivity index (χ2v) is 13.8. The summed E-state index contributed by atoms with van der Waals surface area (Å²) in [6.07, 6.45) is 22.5. The minimum Gasteiger partial charge on any atom is -0.461 e. The quantitative estimate of drug-likeness (QED) is 0.0542. The van der Waals surface area contributed by atoms with Gasteiger partial charge in [-0.15, -0.1) is 0 Å². The topological polar surface area (TPSA) is 52.6 Å². The lowest BCUT2D eigenvalue weighted by Crippen LogP contribution is -2.53. The van der Waals surface area contributed by atoms with Gasteiger partial charge in [-0.25, -0.2) is 0 Å². The highest BCUT2D eigenvalue weighted by molar-refractivity contribution is 5.70. The minimum absolute atomic E-state index is 0.158. The summed E-state index contributed by atoms with van der Waals surface area (Å²) >= 11 is 0. The first kappa shape index (κ1) is 38.9. The third-order valence-electron chi connectivity index (χ3n) is 7.77. The number of quaternary nitrogens is 2. The first-order chi connectivity index (χ1) is 19.0. The van der Waals surface area contributed by atoms with E-state index in [1.807, 2.05) is 0 Å². The van der Waals surface area contributed by atoms with Gasteiger partial charge in [-0.1, -0.05) is 117 Å². The van der Waals surface area contributed by atoms with Gasteiger partial charge in [0.1, 0.15) is 26.2 Å². The lowest BCUT2D eigenvalue weighted by molar-refractivity contribution is -0.938. The van der Waals surface area contributed by atoms with E-state index < -0.39 is 6.10 Å². The normalized spacial score (nSPS) is 12.9. The number of rotatable bonds is 28. The van der Waals surface area contributed by atoms with Gasteiger partial charge in [0.25, 0.3) is 0 Å². The summed E-state index contributed by atoms with van der Waals surface area (Å²) in [5.74, 6) is -0.325. The Kier molecular flexibility index (Phi) is 23.8. The average Bonchev–Trinajstić information content (AvgIpc) is 2.88. The zero-order valence-electron chi connectivity index (χ0n) is 28.1. The number of nitrogens with zero attached hydrogens (tertiary/aromatic N) is 2. The van der Waals surface area contributed by atoms with Crippen molar-refractivity contribution < 1.29 is 28.0 Å². The highest BCUT2D eigenvalue weighted by Crippen LogP contribution is 2.14. The maximum Gasteiger partial charge on any atom is 0.306 e. The van der Waals surface area contributed by atoms with Gasteiger partial charge < -0.3 is 18.4 Å². The van der Waals surface area contributed by atoms with Crippen molar-refractivity contribution >= 4 is 11.9 Å². The molecule has 238 valence electrons. The van der Waals surface area contributed by atoms with Crippen LogP contribution in [0.15, 0.2) is 0 Å². The number of esters is 2. The van der Waals surface area contributed by atoms with Crippen LogP contribution in [0.2, 0.25) is 0 Å². The van der Waals surface area contributed by atoms with Crippen molar-refractivity contribution in [2.45, 2.75) is 148 Å². The summed E-state index contributed by atoms with van der Waals surface area (Å²) in [6.45, 7) is 7.28. The van der Waals surface area contributed by atoms with Crippen LogP contribution in [0.5, 0.6) is 0 Å². The molecule has 0 rings (SSSR count). The first-order valence-corrected chi connectivity index (χ1v) is 17.0. The van der Waals surface area contributed by atoms with Crippen molar-refractivity contribution in [3.05, 3.63) is 0 Å². The smallest absolute Gasteiger partial charge is 0.306 e. The van der Waals surface area contributed by atoms with Crippen LogP contribution in [0.3, 0.4) is 0 Å². The molecule has 0 bridgehead atoms. The molecule has 0 N–H and O–H groups in total. The molecule has 0 spiro atoms. The van der Waals surface area contributed by atoms with Crippen molar-refractivity contribution in [2.24, 2.45) is 0 Å². The Hall–Kier alpha value is -1.14. The van der Waals surface area contributed by atoms with Crippen molar-refractivity contribution in [1.82, 2.24) is 0 Å². The van der Waals surface area contributed by atoms with E-state index in [0.29, 0.717) is 19.4 Å². The Balaban J connectivity index is 4.48. The Labute approximate surface area is 249 Å². The largest absolute Gasteiger partial charge is 0.461 e. The van der Waals surface area contributed by atoms with Gasteiger partial charge >= 0.3 is 11.9 Å². The molecular weight excluding hydrogens is 500 g/mol. The molecule has 0 aromatic carbocycles. The summed E-state index contributed by atoms with van der Waals surface area (Å²) < 4.78 is 13.1. The molecule has 0 aliphatic rings. The minimum atomic E-state index is -0.402. The van der Waals surface area contributed by atoms with Crippen LogP contribution >= 0.6 is 0 Å². The molecule has 0 saturated carbocycles. The second-order valence-electron chi connectivity index (χ2n) is 13.8. The van der Waals surface area contributed by atoms with E-state index in [0.717, 1.165) is 47.7 Å². The maximum atomic E-state index is 12.7. The third-order valence-corrected chi connectivity index (χ3v) is 7.77. The summed E-state index contributed by atoms with van der Waals surface area (Å²) in [6, 6.07) is 0. The standard InChI is InChI=1S/C34H70N2O4/c1-8-10-12-14-16-18-20-22-24-26-33(37)39-31-32(30-36(6,7)29-28-35(3,4)5)40-34(38)27-25-23-21-19-17-15-13-11-9-2/h32H,8-31H2,1-7H3/q+2/t32-/m1/s1. The van der Waals surface area contributed by atoms with E-state index in [1.54, 1.807) is 0 Å². The van der Waals surface area contributed by atoms with Crippen LogP contribution in [0.25, 0.3) is 0 Å². The summed E-state index contributed by atoms with van der Waals surface area (Å²) in [5.41, 5.74) is 0. The molecule has 0 unspecified atom stereocenters. The number of hydrogen-bond donors (Lipinski definition) is 0. The van der Waals surface area contributed by atoms with Gasteiger partial charge in [0.2, 0.25) is 0 Å². The van der Waals surface area contributed by atoms with Gasteiger partial charge in [-0.2, -0.15) is 0 Å². The molecule has 0 aliphatic heterocycles. The summed E-state index contributed by atoms with van der Waals surface area (Å²) in [4.78, 5) is 25.1. The number of carbonyl (C=O) groups is 2. The van der Waals surface area contributed by atoms with E-state index in [-0.39, 0.29) is 18.5 Å². The molecule has 0 fully saturated rings. The number of ether oxygens (including phenoxy) is 2. The van der Waals surface area contributed by atoms with Gasteiger partial charge in [0.05, 0.1) is 35.2 Å². The predicted octanol–water partition coefficient (Wildman–Crippen LogP) is 8.07. The Morgan fingerprint density at radius 2 is 0.950 bits per heavy atom. The van der Waals surface area contributed by atoms with E-state index in [2.05, 4.69) is 49.1 Å². The monoisotopic (exact) mass is 571 g/mol. The van der Waals surface area contributed by atoms with Crippen molar-refractivity contribution in [3.8, 4) is 0 Å². The predicted molar refractivity (Wildman–Crippen MR) is 169 cm³/mol. The molecule has 0 radical (unpaired) electrons. The fourth-order valence-corrected chi connectivity index (χ4v) is 5.00. The molecule has 0 amide bonds. The molecule has 1 atom stereocenters. The number of carbonyl (C=O) groups excluding carboxylic acids is 2. The van der Waals surface area contributed by atoms with Crippen LogP contribution in [-0.4, -0.2) is 88.5 Å².